The first-order valence-electron chi connectivity index (χ1n) is 11.1. The average Bonchev–Trinajstić information content (AvgIpc) is 3.06. The molecule has 1 aromatic carbocycles. The van der Waals surface area contributed by atoms with Crippen molar-refractivity contribution in [3.63, 3.8) is 0 Å². The molecule has 160 valence electrons. The van der Waals surface area contributed by atoms with Gasteiger partial charge in [-0.2, -0.15) is 0 Å². The molecule has 2 fully saturated rings. The van der Waals surface area contributed by atoms with Crippen molar-refractivity contribution in [2.75, 3.05) is 7.11 Å². The van der Waals surface area contributed by atoms with Crippen LogP contribution in [0.4, 0.5) is 0 Å². The molecule has 0 unspecified atom stereocenters. The fourth-order valence-corrected chi connectivity index (χ4v) is 7.69. The molecule has 2 saturated carbocycles. The van der Waals surface area contributed by atoms with Crippen molar-refractivity contribution in [3.8, 4) is 5.75 Å². The summed E-state index contributed by atoms with van der Waals surface area (Å²) < 4.78 is 11.5. The van der Waals surface area contributed by atoms with Crippen LogP contribution < -0.4 is 10.1 Å². The van der Waals surface area contributed by atoms with Crippen LogP contribution in [-0.4, -0.2) is 30.6 Å². The van der Waals surface area contributed by atoms with Crippen molar-refractivity contribution < 1.29 is 19.1 Å². The second-order valence-corrected chi connectivity index (χ2v) is 9.90. The number of carbonyl (C=O) groups excluding carboxylic acids is 2. The summed E-state index contributed by atoms with van der Waals surface area (Å²) in [6.07, 6.45) is 9.47. The third kappa shape index (κ3) is 2.29. The Labute approximate surface area is 178 Å². The normalized spacial score (nSPS) is 40.2. The van der Waals surface area contributed by atoms with Gasteiger partial charge in [0.2, 0.25) is 5.91 Å². The lowest BCUT2D eigenvalue weighted by Crippen LogP contribution is -2.58. The van der Waals surface area contributed by atoms with E-state index < -0.39 is 5.60 Å². The number of methoxy groups -OCH3 is 1. The first kappa shape index (κ1) is 19.7. The molecule has 5 nitrogen and oxygen atoms in total. The van der Waals surface area contributed by atoms with E-state index in [-0.39, 0.29) is 28.7 Å². The molecule has 1 amide bonds. The summed E-state index contributed by atoms with van der Waals surface area (Å²) in [5, 5.41) is 3.14. The minimum absolute atomic E-state index is 0.0677. The van der Waals surface area contributed by atoms with Crippen molar-refractivity contribution in [3.05, 3.63) is 41.5 Å². The maximum Gasteiger partial charge on any atom is 0.303 e. The van der Waals surface area contributed by atoms with Crippen molar-refractivity contribution in [2.45, 2.75) is 70.4 Å². The zero-order valence-corrected chi connectivity index (χ0v) is 18.3. The summed E-state index contributed by atoms with van der Waals surface area (Å²) in [7, 11) is 1.72. The Morgan fingerprint density at radius 2 is 1.97 bits per heavy atom. The number of amides is 1. The number of nitrogens with one attached hydrogen (secondary N) is 1. The topological polar surface area (TPSA) is 64.6 Å². The Balaban J connectivity index is 1.59. The monoisotopic (exact) mass is 409 g/mol. The number of benzene rings is 1. The highest BCUT2D eigenvalue weighted by atomic mass is 16.6. The van der Waals surface area contributed by atoms with Crippen LogP contribution in [0.25, 0.3) is 0 Å². The van der Waals surface area contributed by atoms with Gasteiger partial charge in [0.05, 0.1) is 13.2 Å². The zero-order valence-electron chi connectivity index (χ0n) is 18.3. The van der Waals surface area contributed by atoms with Gasteiger partial charge < -0.3 is 14.8 Å². The highest BCUT2D eigenvalue weighted by molar-refractivity contribution is 5.74. The molecule has 1 N–H and O–H groups in total. The van der Waals surface area contributed by atoms with Gasteiger partial charge in [-0.05, 0) is 73.3 Å². The van der Waals surface area contributed by atoms with Crippen molar-refractivity contribution in [1.29, 1.82) is 0 Å². The second-order valence-electron chi connectivity index (χ2n) is 9.90. The molecule has 0 aliphatic heterocycles. The van der Waals surface area contributed by atoms with Crippen molar-refractivity contribution >= 4 is 11.9 Å². The molecule has 0 heterocycles. The first-order valence-corrected chi connectivity index (χ1v) is 11.1. The van der Waals surface area contributed by atoms with Crippen LogP contribution >= 0.6 is 0 Å². The van der Waals surface area contributed by atoms with E-state index in [1.165, 1.54) is 18.1 Å². The van der Waals surface area contributed by atoms with Crippen LogP contribution in [-0.2, 0) is 20.7 Å². The molecule has 1 aromatic rings. The number of fused-ring (bicyclic) bond motifs is 3. The molecule has 4 aliphatic rings. The predicted molar refractivity (Wildman–Crippen MR) is 113 cm³/mol. The van der Waals surface area contributed by atoms with Crippen LogP contribution in [0.5, 0.6) is 5.75 Å². The van der Waals surface area contributed by atoms with Crippen LogP contribution in [0.15, 0.2) is 30.4 Å². The fourth-order valence-electron chi connectivity index (χ4n) is 7.69. The molecule has 4 aliphatic carbocycles. The van der Waals surface area contributed by atoms with E-state index in [4.69, 9.17) is 9.47 Å². The first-order chi connectivity index (χ1) is 14.3. The molecular formula is C25H31NO4. The van der Waals surface area contributed by atoms with E-state index in [9.17, 15) is 9.59 Å². The van der Waals surface area contributed by atoms with Gasteiger partial charge >= 0.3 is 5.97 Å². The van der Waals surface area contributed by atoms with Gasteiger partial charge in [-0.1, -0.05) is 19.1 Å². The summed E-state index contributed by atoms with van der Waals surface area (Å²) in [6, 6.07) is 6.35. The number of carbonyl (C=O) groups is 2. The molecule has 5 rings (SSSR count). The smallest absolute Gasteiger partial charge is 0.303 e. The summed E-state index contributed by atoms with van der Waals surface area (Å²) in [5.74, 6) is 1.54. The molecule has 0 saturated heterocycles. The van der Waals surface area contributed by atoms with Gasteiger partial charge in [0.25, 0.3) is 0 Å². The summed E-state index contributed by atoms with van der Waals surface area (Å²) >= 11 is 0. The summed E-state index contributed by atoms with van der Waals surface area (Å²) in [4.78, 5) is 24.2. The van der Waals surface area contributed by atoms with E-state index in [2.05, 4.69) is 42.6 Å². The molecular weight excluding hydrogens is 378 g/mol. The lowest BCUT2D eigenvalue weighted by Gasteiger charge is -2.56. The third-order valence-corrected chi connectivity index (χ3v) is 8.84. The van der Waals surface area contributed by atoms with Gasteiger partial charge in [-0.25, -0.2) is 0 Å². The standard InChI is InChI=1S/C25H31NO4/c1-15(27)26-22-14-24-11-12-25(22,30-16(2)28)23(24,3)10-9-20-19-7-6-18(29-4)13-17(19)5-8-21(20)24/h6-7,11-13,20-22H,5,8-10,14H2,1-4H3,(H,26,27)/t20-,21-,22-,23+,24+,25-/m1/s1. The van der Waals surface area contributed by atoms with Crippen LogP contribution in [0.1, 0.15) is 63.5 Å². The average molecular weight is 410 g/mol. The predicted octanol–water partition coefficient (Wildman–Crippen LogP) is 3.91. The highest BCUT2D eigenvalue weighted by Gasteiger charge is 2.76. The van der Waals surface area contributed by atoms with Crippen LogP contribution in [0, 0.1) is 16.7 Å². The Bertz CT molecular complexity index is 954. The third-order valence-electron chi connectivity index (χ3n) is 8.84. The highest BCUT2D eigenvalue weighted by Crippen LogP contribution is 2.75. The minimum atomic E-state index is -0.754. The fraction of sp³-hybridized carbons (Fsp3) is 0.600. The summed E-state index contributed by atoms with van der Waals surface area (Å²) in [5.41, 5.74) is 1.82. The van der Waals surface area contributed by atoms with Gasteiger partial charge in [-0.15, -0.1) is 0 Å². The Kier molecular flexibility index (Phi) is 4.16. The Morgan fingerprint density at radius 3 is 2.67 bits per heavy atom. The van der Waals surface area contributed by atoms with Crippen LogP contribution in [0.2, 0.25) is 0 Å². The van der Waals surface area contributed by atoms with E-state index in [1.54, 1.807) is 14.0 Å². The molecule has 0 aromatic heterocycles. The molecule has 5 heteroatoms. The van der Waals surface area contributed by atoms with Crippen molar-refractivity contribution in [1.82, 2.24) is 5.32 Å². The van der Waals surface area contributed by atoms with E-state index in [0.29, 0.717) is 11.8 Å². The van der Waals surface area contributed by atoms with Crippen molar-refractivity contribution in [2.24, 2.45) is 16.7 Å². The maximum atomic E-state index is 12.2. The zero-order chi connectivity index (χ0) is 21.3. The quantitative estimate of drug-likeness (QED) is 0.607. The largest absolute Gasteiger partial charge is 0.497 e. The minimum Gasteiger partial charge on any atom is -0.497 e. The lowest BCUT2D eigenvalue weighted by atomic mass is 9.48. The van der Waals surface area contributed by atoms with Gasteiger partial charge in [-0.3, -0.25) is 9.59 Å². The molecule has 2 bridgehead atoms. The Morgan fingerprint density at radius 1 is 1.17 bits per heavy atom. The molecule has 0 spiro atoms. The number of rotatable bonds is 3. The van der Waals surface area contributed by atoms with E-state index in [0.717, 1.165) is 37.9 Å². The molecule has 0 radical (unpaired) electrons. The number of hydrogen-bond acceptors (Lipinski definition) is 4. The molecule has 30 heavy (non-hydrogen) atoms. The number of esters is 1. The van der Waals surface area contributed by atoms with E-state index in [1.807, 2.05) is 0 Å². The second kappa shape index (κ2) is 6.35. The number of hydrogen-bond donors (Lipinski definition) is 1. The summed E-state index contributed by atoms with van der Waals surface area (Å²) in [6.45, 7) is 5.32. The Hall–Kier alpha value is -2.30. The SMILES string of the molecule is COc1ccc2c(c1)CC[C@@H]1[C@@H]2CC[C@@]2(C)[C@]13C=C[C@@]2(OC(C)=O)[C@H](NC(C)=O)C3. The maximum absolute atomic E-state index is 12.2. The number of ether oxygens (including phenoxy) is 2. The van der Waals surface area contributed by atoms with Crippen LogP contribution in [0.3, 0.4) is 0 Å². The van der Waals surface area contributed by atoms with Gasteiger partial charge in [0, 0.05) is 24.7 Å². The number of allylic oxidation sites excluding steroid dienone is 1. The van der Waals surface area contributed by atoms with Gasteiger partial charge in [0.15, 0.2) is 5.60 Å². The number of aryl methyl sites for hydroxylation is 1. The lowest BCUT2D eigenvalue weighted by molar-refractivity contribution is -0.171. The van der Waals surface area contributed by atoms with E-state index >= 15 is 0 Å². The van der Waals surface area contributed by atoms with Gasteiger partial charge in [0.1, 0.15) is 5.75 Å². The molecule has 6 atom stereocenters.